The van der Waals surface area contributed by atoms with Gasteiger partial charge in [-0.2, -0.15) is 13.2 Å². The molecule has 12 heteroatoms. The van der Waals surface area contributed by atoms with E-state index in [0.717, 1.165) is 24.4 Å². The van der Waals surface area contributed by atoms with E-state index in [1.165, 1.54) is 6.07 Å². The van der Waals surface area contributed by atoms with Gasteiger partial charge in [0.15, 0.2) is 0 Å². The van der Waals surface area contributed by atoms with Crippen LogP contribution in [-0.2, 0) is 16.3 Å². The minimum absolute atomic E-state index is 0.0185. The summed E-state index contributed by atoms with van der Waals surface area (Å²) in [6, 6.07) is 4.93. The quantitative estimate of drug-likeness (QED) is 0.266. The van der Waals surface area contributed by atoms with Crippen molar-refractivity contribution in [1.29, 1.82) is 0 Å². The van der Waals surface area contributed by atoms with Crippen molar-refractivity contribution in [2.45, 2.75) is 16.8 Å². The van der Waals surface area contributed by atoms with E-state index in [1.807, 2.05) is 0 Å². The second kappa shape index (κ2) is 8.03. The van der Waals surface area contributed by atoms with Crippen molar-refractivity contribution >= 4 is 43.6 Å². The molecule has 0 aromatic heterocycles. The summed E-state index contributed by atoms with van der Waals surface area (Å²) in [5.41, 5.74) is -5.89. The van der Waals surface area contributed by atoms with Crippen LogP contribution in [-0.4, -0.2) is 25.3 Å². The van der Waals surface area contributed by atoms with Crippen molar-refractivity contribution in [1.82, 2.24) is 0 Å². The van der Waals surface area contributed by atoms with Crippen LogP contribution in [0.5, 0.6) is 11.5 Å². The fraction of sp³-hybridized carbons (Fsp3) is 0.133. The van der Waals surface area contributed by atoms with Gasteiger partial charge in [0.05, 0.1) is 9.37 Å². The first-order valence-electron chi connectivity index (χ1n) is 6.90. The summed E-state index contributed by atoms with van der Waals surface area (Å²) >= 11 is 8.70. The lowest BCUT2D eigenvalue weighted by atomic mass is 10.1. The summed E-state index contributed by atoms with van der Waals surface area (Å²) in [6.45, 7) is 0. The molecule has 0 heterocycles. The molecule has 0 aliphatic heterocycles. The highest BCUT2D eigenvalue weighted by Gasteiger charge is 2.48. The van der Waals surface area contributed by atoms with Crippen LogP contribution in [0.3, 0.4) is 0 Å². The molecule has 0 aliphatic carbocycles. The Bertz CT molecular complexity index is 976. The molecular weight excluding hydrogens is 482 g/mol. The van der Waals surface area contributed by atoms with Crippen LogP contribution in [0.4, 0.5) is 17.6 Å². The highest BCUT2D eigenvalue weighted by atomic mass is 79.9. The van der Waals surface area contributed by atoms with E-state index >= 15 is 0 Å². The maximum Gasteiger partial charge on any atom is 0.501 e. The number of hydrogen-bond donors (Lipinski definition) is 1. The number of hydrogen-bond acceptors (Lipinski definition) is 5. The molecule has 146 valence electrons. The zero-order valence-electron chi connectivity index (χ0n) is 13.0. The average Bonchev–Trinajstić information content (AvgIpc) is 2.53. The van der Waals surface area contributed by atoms with Crippen LogP contribution in [0.2, 0.25) is 5.02 Å². The Hall–Kier alpha value is -1.85. The fourth-order valence-electron chi connectivity index (χ4n) is 2.07. The van der Waals surface area contributed by atoms with Crippen molar-refractivity contribution in [3.63, 3.8) is 0 Å². The fourth-order valence-corrected chi connectivity index (χ4v) is 4.01. The Morgan fingerprint density at radius 3 is 2.48 bits per heavy atom. The third-order valence-electron chi connectivity index (χ3n) is 3.20. The Labute approximate surface area is 164 Å². The van der Waals surface area contributed by atoms with E-state index in [0.29, 0.717) is 6.07 Å². The van der Waals surface area contributed by atoms with Gasteiger partial charge in [-0.15, -0.1) is 5.16 Å². The molecule has 5 nitrogen and oxygen atoms in total. The minimum atomic E-state index is -5.67. The topological polar surface area (TPSA) is 76.0 Å². The van der Waals surface area contributed by atoms with E-state index in [4.69, 9.17) is 21.5 Å². The summed E-state index contributed by atoms with van der Waals surface area (Å²) in [5.74, 6) is -0.870. The lowest BCUT2D eigenvalue weighted by molar-refractivity contribution is -0.0436. The van der Waals surface area contributed by atoms with Gasteiger partial charge in [0, 0.05) is 23.7 Å². The Kier molecular flexibility index (Phi) is 6.38. The van der Waals surface area contributed by atoms with E-state index in [9.17, 15) is 26.0 Å². The first kappa shape index (κ1) is 21.5. The van der Waals surface area contributed by atoms with E-state index in [-0.39, 0.29) is 26.6 Å². The minimum Gasteiger partial charge on any atom is -0.456 e. The second-order valence-corrected chi connectivity index (χ2v) is 8.15. The molecule has 0 fully saturated rings. The van der Waals surface area contributed by atoms with Gasteiger partial charge in [-0.3, -0.25) is 0 Å². The first-order valence-corrected chi connectivity index (χ1v) is 9.55. The van der Waals surface area contributed by atoms with Crippen LogP contribution < -0.4 is 4.74 Å². The van der Waals surface area contributed by atoms with Crippen LogP contribution in [0.25, 0.3) is 0 Å². The molecule has 0 saturated carbocycles. The molecule has 2 aromatic carbocycles. The number of alkyl halides is 3. The number of nitrogens with zero attached hydrogens (tertiary/aromatic N) is 1. The summed E-state index contributed by atoms with van der Waals surface area (Å²) in [7, 11) is -5.67. The largest absolute Gasteiger partial charge is 0.501 e. The molecule has 0 atom stereocenters. The predicted octanol–water partition coefficient (Wildman–Crippen LogP) is 5.33. The van der Waals surface area contributed by atoms with Crippen molar-refractivity contribution in [3.05, 3.63) is 51.2 Å². The normalized spacial score (nSPS) is 12.5. The number of rotatable bonds is 5. The molecule has 27 heavy (non-hydrogen) atoms. The Morgan fingerprint density at radius 1 is 1.26 bits per heavy atom. The highest BCUT2D eigenvalue weighted by molar-refractivity contribution is 9.10. The van der Waals surface area contributed by atoms with Gasteiger partial charge in [-0.05, 0) is 45.8 Å². The smallest absolute Gasteiger partial charge is 0.456 e. The number of oxime groups is 1. The van der Waals surface area contributed by atoms with Gasteiger partial charge < -0.3 is 9.94 Å². The van der Waals surface area contributed by atoms with Crippen molar-refractivity contribution < 1.29 is 35.9 Å². The zero-order valence-corrected chi connectivity index (χ0v) is 16.1. The van der Waals surface area contributed by atoms with Crippen LogP contribution >= 0.6 is 27.5 Å². The molecule has 0 amide bonds. The van der Waals surface area contributed by atoms with Gasteiger partial charge in [0.25, 0.3) is 9.84 Å². The van der Waals surface area contributed by atoms with Gasteiger partial charge in [-0.1, -0.05) is 11.6 Å². The second-order valence-electron chi connectivity index (χ2n) is 5.01. The van der Waals surface area contributed by atoms with E-state index in [1.54, 1.807) is 0 Å². The standard InChI is InChI=1S/C15H9BrClF4NO4S/c16-14-11(3-4-22-23)13(27(24,25)15(19,20)21)2-1-12(14)26-10-6-8(17)5-9(18)7-10/h1-2,4-7,23H,3H2. The molecule has 0 spiro atoms. The molecule has 0 saturated heterocycles. The summed E-state index contributed by atoms with van der Waals surface area (Å²) < 4.78 is 81.0. The third-order valence-corrected chi connectivity index (χ3v) is 5.86. The van der Waals surface area contributed by atoms with E-state index < -0.39 is 32.5 Å². The summed E-state index contributed by atoms with van der Waals surface area (Å²) in [4.78, 5) is -1.04. The SMILES string of the molecule is O=S(=O)(c1ccc(Oc2cc(F)cc(Cl)c2)c(Br)c1CC=NO)C(F)(F)F. The van der Waals surface area contributed by atoms with Gasteiger partial charge in [-0.25, -0.2) is 12.8 Å². The Morgan fingerprint density at radius 2 is 1.93 bits per heavy atom. The number of sulfone groups is 1. The van der Waals surface area contributed by atoms with Crippen molar-refractivity contribution in [2.24, 2.45) is 5.16 Å². The number of halogens is 6. The maximum atomic E-state index is 13.4. The molecule has 2 aromatic rings. The first-order chi connectivity index (χ1) is 12.5. The van der Waals surface area contributed by atoms with Crippen LogP contribution in [0.1, 0.15) is 5.56 Å². The number of ether oxygens (including phenoxy) is 1. The summed E-state index contributed by atoms with van der Waals surface area (Å²) in [6.07, 6.45) is 0.348. The highest BCUT2D eigenvalue weighted by Crippen LogP contribution is 2.40. The predicted molar refractivity (Wildman–Crippen MR) is 92.8 cm³/mol. The summed E-state index contributed by atoms with van der Waals surface area (Å²) in [5, 5.41) is 11.2. The molecule has 0 unspecified atom stereocenters. The molecule has 0 aliphatic rings. The maximum absolute atomic E-state index is 13.4. The van der Waals surface area contributed by atoms with Gasteiger partial charge >= 0.3 is 5.51 Å². The molecular formula is C15H9BrClF4NO4S. The van der Waals surface area contributed by atoms with Gasteiger partial charge in [0.1, 0.15) is 17.3 Å². The van der Waals surface area contributed by atoms with Crippen LogP contribution in [0, 0.1) is 5.82 Å². The molecule has 2 rings (SSSR count). The molecule has 0 bridgehead atoms. The monoisotopic (exact) mass is 489 g/mol. The Balaban J connectivity index is 2.60. The third kappa shape index (κ3) is 4.71. The zero-order chi connectivity index (χ0) is 20.4. The number of benzene rings is 2. The van der Waals surface area contributed by atoms with Crippen molar-refractivity contribution in [2.75, 3.05) is 0 Å². The molecule has 1 N–H and O–H groups in total. The van der Waals surface area contributed by atoms with Gasteiger partial charge in [0.2, 0.25) is 0 Å². The van der Waals surface area contributed by atoms with Crippen molar-refractivity contribution in [3.8, 4) is 11.5 Å². The lowest BCUT2D eigenvalue weighted by Crippen LogP contribution is -2.24. The van der Waals surface area contributed by atoms with Crippen LogP contribution in [0.15, 0.2) is 44.9 Å². The van der Waals surface area contributed by atoms with E-state index in [2.05, 4.69) is 21.1 Å². The molecule has 0 radical (unpaired) electrons. The lowest BCUT2D eigenvalue weighted by Gasteiger charge is -2.16. The average molecular weight is 491 g/mol.